The SMILES string of the molecule is C=CCOC(=O)C1=C(C)N=C(SCCCC)C(C#N)[C@H]1c1ccccc1Cl. The van der Waals surface area contributed by atoms with Gasteiger partial charge in [0, 0.05) is 16.6 Å². The van der Waals surface area contributed by atoms with E-state index in [-0.39, 0.29) is 6.61 Å². The number of hydrogen-bond donors (Lipinski definition) is 0. The lowest BCUT2D eigenvalue weighted by Crippen LogP contribution is -2.30. The van der Waals surface area contributed by atoms with Crippen LogP contribution in [0.5, 0.6) is 0 Å². The van der Waals surface area contributed by atoms with Crippen molar-refractivity contribution < 1.29 is 9.53 Å². The van der Waals surface area contributed by atoms with Crippen molar-refractivity contribution in [1.82, 2.24) is 0 Å². The van der Waals surface area contributed by atoms with Gasteiger partial charge in [-0.05, 0) is 30.7 Å². The van der Waals surface area contributed by atoms with Crippen LogP contribution in [0.2, 0.25) is 5.02 Å². The van der Waals surface area contributed by atoms with Crippen molar-refractivity contribution in [3.8, 4) is 6.07 Å². The molecule has 2 rings (SSSR count). The van der Waals surface area contributed by atoms with Crippen molar-refractivity contribution in [2.45, 2.75) is 32.6 Å². The molecule has 1 aliphatic rings. The Morgan fingerprint density at radius 1 is 1.48 bits per heavy atom. The van der Waals surface area contributed by atoms with E-state index in [0.29, 0.717) is 16.3 Å². The molecule has 27 heavy (non-hydrogen) atoms. The summed E-state index contributed by atoms with van der Waals surface area (Å²) in [5.74, 6) is -0.699. The predicted octanol–water partition coefficient (Wildman–Crippen LogP) is 5.51. The van der Waals surface area contributed by atoms with Crippen LogP contribution in [-0.2, 0) is 9.53 Å². The lowest BCUT2D eigenvalue weighted by atomic mass is 9.79. The normalized spacial score (nSPS) is 19.3. The summed E-state index contributed by atoms with van der Waals surface area (Å²) in [6.45, 7) is 7.58. The number of rotatable bonds is 7. The monoisotopic (exact) mass is 402 g/mol. The van der Waals surface area contributed by atoms with Crippen LogP contribution in [0.25, 0.3) is 0 Å². The topological polar surface area (TPSA) is 62.4 Å². The van der Waals surface area contributed by atoms with Crippen molar-refractivity contribution in [3.05, 3.63) is 58.8 Å². The van der Waals surface area contributed by atoms with E-state index in [1.165, 1.54) is 6.08 Å². The molecular weight excluding hydrogens is 380 g/mol. The molecule has 0 saturated carbocycles. The molecule has 6 heteroatoms. The Morgan fingerprint density at radius 3 is 2.85 bits per heavy atom. The number of aliphatic imine (C=N–C) groups is 1. The standard InChI is InChI=1S/C21H23ClN2O2S/c1-4-6-12-27-20-16(13-23)19(15-9-7-8-10-17(15)22)18(14(3)24-20)21(25)26-11-5-2/h5,7-10,16,19H,2,4,6,11-12H2,1,3H3/t16?,19-/m1/s1. The highest BCUT2D eigenvalue weighted by Crippen LogP contribution is 2.43. The third-order valence-electron chi connectivity index (χ3n) is 4.26. The van der Waals surface area contributed by atoms with Crippen molar-refractivity contribution in [2.75, 3.05) is 12.4 Å². The number of hydrogen-bond acceptors (Lipinski definition) is 5. The van der Waals surface area contributed by atoms with E-state index < -0.39 is 17.8 Å². The van der Waals surface area contributed by atoms with Crippen LogP contribution >= 0.6 is 23.4 Å². The summed E-state index contributed by atoms with van der Waals surface area (Å²) in [6.07, 6.45) is 3.62. The largest absolute Gasteiger partial charge is 0.458 e. The second-order valence-corrected chi connectivity index (χ2v) is 7.67. The number of unbranched alkanes of at least 4 members (excludes halogenated alkanes) is 1. The fourth-order valence-electron chi connectivity index (χ4n) is 2.95. The van der Waals surface area contributed by atoms with E-state index in [1.807, 2.05) is 18.2 Å². The van der Waals surface area contributed by atoms with Gasteiger partial charge < -0.3 is 4.74 Å². The quantitative estimate of drug-likeness (QED) is 0.342. The van der Waals surface area contributed by atoms with E-state index in [2.05, 4.69) is 24.6 Å². The average molecular weight is 403 g/mol. The summed E-state index contributed by atoms with van der Waals surface area (Å²) in [4.78, 5) is 17.3. The van der Waals surface area contributed by atoms with E-state index in [4.69, 9.17) is 16.3 Å². The summed E-state index contributed by atoms with van der Waals surface area (Å²) < 4.78 is 5.28. The van der Waals surface area contributed by atoms with Gasteiger partial charge in [-0.3, -0.25) is 0 Å². The first kappa shape index (κ1) is 21.3. The zero-order valence-corrected chi connectivity index (χ0v) is 17.1. The van der Waals surface area contributed by atoms with Gasteiger partial charge in [0.15, 0.2) is 0 Å². The molecule has 0 aromatic heterocycles. The number of nitrogens with zero attached hydrogens (tertiary/aromatic N) is 2. The number of carbonyl (C=O) groups is 1. The molecule has 0 radical (unpaired) electrons. The number of esters is 1. The maximum absolute atomic E-state index is 12.7. The molecule has 0 N–H and O–H groups in total. The van der Waals surface area contributed by atoms with Crippen LogP contribution in [0.1, 0.15) is 38.2 Å². The van der Waals surface area contributed by atoms with E-state index in [1.54, 1.807) is 24.8 Å². The third-order valence-corrected chi connectivity index (χ3v) is 5.74. The number of carbonyl (C=O) groups excluding carboxylic acids is 1. The van der Waals surface area contributed by atoms with Gasteiger partial charge in [-0.1, -0.05) is 55.8 Å². The summed E-state index contributed by atoms with van der Waals surface area (Å²) in [5.41, 5.74) is 1.69. The van der Waals surface area contributed by atoms with Crippen molar-refractivity contribution in [3.63, 3.8) is 0 Å². The minimum Gasteiger partial charge on any atom is -0.458 e. The lowest BCUT2D eigenvalue weighted by molar-refractivity contribution is -0.138. The Morgan fingerprint density at radius 2 is 2.22 bits per heavy atom. The molecule has 0 bridgehead atoms. The number of halogens is 1. The Hall–Kier alpha value is -2.03. The van der Waals surface area contributed by atoms with Crippen LogP contribution in [0, 0.1) is 17.2 Å². The number of allylic oxidation sites excluding steroid dienone is 1. The highest BCUT2D eigenvalue weighted by molar-refractivity contribution is 8.14. The fraction of sp³-hybridized carbons (Fsp3) is 0.381. The van der Waals surface area contributed by atoms with Gasteiger partial charge in [0.2, 0.25) is 0 Å². The number of thioether (sulfide) groups is 1. The maximum Gasteiger partial charge on any atom is 0.336 e. The zero-order valence-electron chi connectivity index (χ0n) is 15.6. The molecule has 0 spiro atoms. The number of nitriles is 1. The van der Waals surface area contributed by atoms with Gasteiger partial charge in [0.05, 0.1) is 16.7 Å². The summed E-state index contributed by atoms with van der Waals surface area (Å²) in [7, 11) is 0. The summed E-state index contributed by atoms with van der Waals surface area (Å²) in [5, 5.41) is 11.2. The zero-order chi connectivity index (χ0) is 19.8. The van der Waals surface area contributed by atoms with Gasteiger partial charge in [0.25, 0.3) is 0 Å². The van der Waals surface area contributed by atoms with E-state index in [9.17, 15) is 10.1 Å². The first-order chi connectivity index (χ1) is 13.0. The van der Waals surface area contributed by atoms with Gasteiger partial charge in [-0.25, -0.2) is 9.79 Å². The van der Waals surface area contributed by atoms with Crippen LogP contribution in [0.3, 0.4) is 0 Å². The second-order valence-electron chi connectivity index (χ2n) is 6.14. The highest BCUT2D eigenvalue weighted by atomic mass is 35.5. The lowest BCUT2D eigenvalue weighted by Gasteiger charge is -2.30. The highest BCUT2D eigenvalue weighted by Gasteiger charge is 2.40. The molecule has 2 atom stereocenters. The molecule has 0 aliphatic carbocycles. The van der Waals surface area contributed by atoms with E-state index in [0.717, 1.165) is 29.2 Å². The van der Waals surface area contributed by atoms with Gasteiger partial charge in [0.1, 0.15) is 12.5 Å². The Bertz CT molecular complexity index is 811. The molecule has 0 amide bonds. The van der Waals surface area contributed by atoms with Crippen LogP contribution < -0.4 is 0 Å². The third kappa shape index (κ3) is 5.03. The maximum atomic E-state index is 12.7. The Kier molecular flexibility index (Phi) is 8.15. The minimum atomic E-state index is -0.582. The van der Waals surface area contributed by atoms with Crippen LogP contribution in [-0.4, -0.2) is 23.4 Å². The van der Waals surface area contributed by atoms with Crippen molar-refractivity contribution in [1.29, 1.82) is 5.26 Å². The second kappa shape index (κ2) is 10.3. The van der Waals surface area contributed by atoms with Crippen molar-refractivity contribution >= 4 is 34.4 Å². The molecule has 1 unspecified atom stereocenters. The molecule has 1 aromatic carbocycles. The molecule has 0 saturated heterocycles. The van der Waals surface area contributed by atoms with Crippen molar-refractivity contribution in [2.24, 2.45) is 10.9 Å². The first-order valence-electron chi connectivity index (χ1n) is 8.89. The van der Waals surface area contributed by atoms with Gasteiger partial charge in [-0.2, -0.15) is 5.26 Å². The average Bonchev–Trinajstić information content (AvgIpc) is 2.66. The molecule has 1 aromatic rings. The number of benzene rings is 1. The summed E-state index contributed by atoms with van der Waals surface area (Å²) in [6, 6.07) is 9.65. The Balaban J connectivity index is 2.54. The molecule has 4 nitrogen and oxygen atoms in total. The van der Waals surface area contributed by atoms with E-state index >= 15 is 0 Å². The minimum absolute atomic E-state index is 0.101. The molecule has 142 valence electrons. The molecule has 1 aliphatic heterocycles. The number of ether oxygens (including phenoxy) is 1. The predicted molar refractivity (Wildman–Crippen MR) is 112 cm³/mol. The Labute approximate surface area is 170 Å². The fourth-order valence-corrected chi connectivity index (χ4v) is 4.42. The van der Waals surface area contributed by atoms with Gasteiger partial charge in [-0.15, -0.1) is 11.8 Å². The van der Waals surface area contributed by atoms with Crippen LogP contribution in [0.15, 0.2) is 53.2 Å². The molecule has 1 heterocycles. The molecule has 0 fully saturated rings. The van der Waals surface area contributed by atoms with Crippen LogP contribution in [0.4, 0.5) is 0 Å². The van der Waals surface area contributed by atoms with Gasteiger partial charge >= 0.3 is 5.97 Å². The summed E-state index contributed by atoms with van der Waals surface area (Å²) >= 11 is 8.01. The molecular formula is C21H23ClN2O2S. The first-order valence-corrected chi connectivity index (χ1v) is 10.3. The smallest absolute Gasteiger partial charge is 0.336 e.